The van der Waals surface area contributed by atoms with Crippen LogP contribution in [0.15, 0.2) is 41.9 Å². The number of halogens is 2. The van der Waals surface area contributed by atoms with Gasteiger partial charge in [0.15, 0.2) is 0 Å². The molecule has 3 aromatic rings. The van der Waals surface area contributed by atoms with Crippen molar-refractivity contribution in [2.75, 3.05) is 44.2 Å². The lowest BCUT2D eigenvalue weighted by atomic mass is 10.2. The van der Waals surface area contributed by atoms with Gasteiger partial charge in [-0.2, -0.15) is 0 Å². The molecular weight excluding hydrogens is 413 g/mol. The first kappa shape index (κ1) is 19.8. The van der Waals surface area contributed by atoms with E-state index in [2.05, 4.69) is 20.9 Å². The monoisotopic (exact) mass is 435 g/mol. The number of anilines is 1. The van der Waals surface area contributed by atoms with E-state index < -0.39 is 0 Å². The number of nitrogens with zero attached hydrogens (tertiary/aromatic N) is 3. The van der Waals surface area contributed by atoms with E-state index in [1.54, 1.807) is 11.3 Å². The van der Waals surface area contributed by atoms with Crippen LogP contribution < -0.4 is 9.64 Å². The van der Waals surface area contributed by atoms with Gasteiger partial charge in [-0.1, -0.05) is 29.3 Å². The summed E-state index contributed by atoms with van der Waals surface area (Å²) < 4.78 is 7.07. The molecule has 2 heterocycles. The smallest absolute Gasteiger partial charge is 0.120 e. The zero-order chi connectivity index (χ0) is 19.3. The fraction of sp³-hybridized carbons (Fsp3) is 0.381. The lowest BCUT2D eigenvalue weighted by Crippen LogP contribution is -2.46. The van der Waals surface area contributed by atoms with Crippen molar-refractivity contribution in [2.24, 2.45) is 0 Å². The van der Waals surface area contributed by atoms with Gasteiger partial charge in [0.1, 0.15) is 5.75 Å². The predicted octanol–water partition coefficient (Wildman–Crippen LogP) is 5.58. The van der Waals surface area contributed by atoms with E-state index >= 15 is 0 Å². The van der Waals surface area contributed by atoms with Crippen molar-refractivity contribution in [3.05, 3.63) is 52.0 Å². The van der Waals surface area contributed by atoms with Crippen molar-refractivity contribution >= 4 is 50.4 Å². The highest BCUT2D eigenvalue weighted by atomic mass is 35.5. The minimum Gasteiger partial charge on any atom is -0.494 e. The first-order valence-electron chi connectivity index (χ1n) is 9.58. The minimum absolute atomic E-state index is 0.621. The van der Waals surface area contributed by atoms with Crippen molar-refractivity contribution < 1.29 is 4.74 Å². The molecule has 1 fully saturated rings. The van der Waals surface area contributed by atoms with Crippen molar-refractivity contribution in [2.45, 2.75) is 12.8 Å². The van der Waals surface area contributed by atoms with E-state index in [9.17, 15) is 0 Å². The molecule has 4 rings (SSSR count). The fourth-order valence-corrected chi connectivity index (χ4v) is 4.62. The number of aromatic nitrogens is 1. The van der Waals surface area contributed by atoms with Crippen LogP contribution in [0.25, 0.3) is 10.2 Å². The van der Waals surface area contributed by atoms with Crippen LogP contribution in [-0.2, 0) is 0 Å². The quantitative estimate of drug-likeness (QED) is 0.452. The summed E-state index contributed by atoms with van der Waals surface area (Å²) in [4.78, 5) is 9.13. The molecule has 0 aliphatic carbocycles. The highest BCUT2D eigenvalue weighted by molar-refractivity contribution is 7.16. The van der Waals surface area contributed by atoms with E-state index in [0.29, 0.717) is 10.0 Å². The lowest BCUT2D eigenvalue weighted by Gasteiger charge is -2.36. The second-order valence-electron chi connectivity index (χ2n) is 6.94. The van der Waals surface area contributed by atoms with Crippen molar-refractivity contribution in [3.8, 4) is 5.75 Å². The molecule has 4 nitrogen and oxygen atoms in total. The SMILES string of the molecule is Clc1cccc(N2CCN(CCCCOc3ccc4ncsc4c3)CC2)c1Cl. The van der Waals surface area contributed by atoms with Crippen LogP contribution in [0.5, 0.6) is 5.75 Å². The molecule has 0 amide bonds. The van der Waals surface area contributed by atoms with Gasteiger partial charge in [-0.05, 0) is 49.7 Å². The molecule has 2 aromatic carbocycles. The molecule has 0 N–H and O–H groups in total. The number of thiazole rings is 1. The number of hydrogen-bond donors (Lipinski definition) is 0. The zero-order valence-corrected chi connectivity index (χ0v) is 17.9. The largest absolute Gasteiger partial charge is 0.494 e. The Balaban J connectivity index is 1.16. The molecule has 7 heteroatoms. The maximum Gasteiger partial charge on any atom is 0.120 e. The number of rotatable bonds is 7. The molecule has 1 aliphatic heterocycles. The standard InChI is InChI=1S/C21H23Cl2N3OS/c22-17-4-3-5-19(21(17)23)26-11-9-25(10-12-26)8-1-2-13-27-16-6-7-18-20(14-16)28-15-24-18/h3-7,14-15H,1-2,8-13H2. The van der Waals surface area contributed by atoms with Gasteiger partial charge < -0.3 is 9.64 Å². The number of unbranched alkanes of at least 4 members (excludes halogenated alkanes) is 1. The molecule has 0 bridgehead atoms. The van der Waals surface area contributed by atoms with Crippen molar-refractivity contribution in [1.82, 2.24) is 9.88 Å². The molecule has 0 atom stereocenters. The second-order valence-corrected chi connectivity index (χ2v) is 8.61. The van der Waals surface area contributed by atoms with Gasteiger partial charge in [0, 0.05) is 26.2 Å². The molecule has 1 saturated heterocycles. The van der Waals surface area contributed by atoms with Crippen molar-refractivity contribution in [1.29, 1.82) is 0 Å². The predicted molar refractivity (Wildman–Crippen MR) is 119 cm³/mol. The second kappa shape index (κ2) is 9.31. The van der Waals surface area contributed by atoms with Gasteiger partial charge in [-0.3, -0.25) is 4.90 Å². The molecule has 28 heavy (non-hydrogen) atoms. The number of piperazine rings is 1. The Bertz CT molecular complexity index is 925. The maximum atomic E-state index is 6.35. The Morgan fingerprint density at radius 2 is 1.89 bits per heavy atom. The molecule has 148 valence electrons. The lowest BCUT2D eigenvalue weighted by molar-refractivity contribution is 0.238. The first-order chi connectivity index (χ1) is 13.7. The third kappa shape index (κ3) is 4.71. The average Bonchev–Trinajstić information content (AvgIpc) is 3.18. The topological polar surface area (TPSA) is 28.6 Å². The van der Waals surface area contributed by atoms with Crippen LogP contribution in [0.4, 0.5) is 5.69 Å². The van der Waals surface area contributed by atoms with Gasteiger partial charge in [0.05, 0.1) is 38.1 Å². The van der Waals surface area contributed by atoms with Gasteiger partial charge in [-0.15, -0.1) is 11.3 Å². The highest BCUT2D eigenvalue weighted by Crippen LogP contribution is 2.32. The summed E-state index contributed by atoms with van der Waals surface area (Å²) in [6, 6.07) is 11.9. The summed E-state index contributed by atoms with van der Waals surface area (Å²) >= 11 is 14.1. The van der Waals surface area contributed by atoms with Crippen LogP contribution in [0, 0.1) is 0 Å². The van der Waals surface area contributed by atoms with Gasteiger partial charge in [-0.25, -0.2) is 4.98 Å². The summed E-state index contributed by atoms with van der Waals surface area (Å²) in [5.41, 5.74) is 3.95. The van der Waals surface area contributed by atoms with E-state index in [0.717, 1.165) is 69.1 Å². The van der Waals surface area contributed by atoms with Crippen LogP contribution >= 0.6 is 34.5 Å². The first-order valence-corrected chi connectivity index (χ1v) is 11.2. The maximum absolute atomic E-state index is 6.35. The van der Waals surface area contributed by atoms with E-state index in [1.807, 2.05) is 35.8 Å². The third-order valence-electron chi connectivity index (χ3n) is 5.08. The number of fused-ring (bicyclic) bond motifs is 1. The Hall–Kier alpha value is -1.53. The Morgan fingerprint density at radius 1 is 1.04 bits per heavy atom. The summed E-state index contributed by atoms with van der Waals surface area (Å²) in [7, 11) is 0. The summed E-state index contributed by atoms with van der Waals surface area (Å²) in [6.07, 6.45) is 2.20. The molecule has 1 aliphatic rings. The summed E-state index contributed by atoms with van der Waals surface area (Å²) in [5.74, 6) is 0.934. The van der Waals surface area contributed by atoms with Gasteiger partial charge in [0.2, 0.25) is 0 Å². The third-order valence-corrected chi connectivity index (χ3v) is 6.69. The van der Waals surface area contributed by atoms with Crippen LogP contribution in [0.3, 0.4) is 0 Å². The summed E-state index contributed by atoms with van der Waals surface area (Å²) in [5, 5.41) is 1.28. The van der Waals surface area contributed by atoms with Crippen LogP contribution in [0.1, 0.15) is 12.8 Å². The van der Waals surface area contributed by atoms with E-state index in [-0.39, 0.29) is 0 Å². The molecule has 1 aromatic heterocycles. The normalized spacial score (nSPS) is 15.3. The summed E-state index contributed by atoms with van der Waals surface area (Å²) in [6.45, 7) is 5.91. The molecule has 0 radical (unpaired) electrons. The average molecular weight is 436 g/mol. The molecule has 0 spiro atoms. The number of ether oxygens (including phenoxy) is 1. The number of benzene rings is 2. The molecule has 0 unspecified atom stereocenters. The molecule has 0 saturated carbocycles. The molecular formula is C21H23Cl2N3OS. The Labute approximate surface area is 179 Å². The fourth-order valence-electron chi connectivity index (χ4n) is 3.50. The zero-order valence-electron chi connectivity index (χ0n) is 15.6. The van der Waals surface area contributed by atoms with Crippen LogP contribution in [0.2, 0.25) is 10.0 Å². The van der Waals surface area contributed by atoms with Gasteiger partial charge in [0.25, 0.3) is 0 Å². The highest BCUT2D eigenvalue weighted by Gasteiger charge is 2.19. The van der Waals surface area contributed by atoms with E-state index in [4.69, 9.17) is 27.9 Å². The number of hydrogen-bond acceptors (Lipinski definition) is 5. The Kier molecular flexibility index (Phi) is 6.58. The van der Waals surface area contributed by atoms with Crippen molar-refractivity contribution in [3.63, 3.8) is 0 Å². The Morgan fingerprint density at radius 3 is 2.75 bits per heavy atom. The van der Waals surface area contributed by atoms with E-state index in [1.165, 1.54) is 4.70 Å². The van der Waals surface area contributed by atoms with Gasteiger partial charge >= 0.3 is 0 Å². The van der Waals surface area contributed by atoms with Crippen LogP contribution in [-0.4, -0.2) is 49.2 Å². The minimum atomic E-state index is 0.621.